The van der Waals surface area contributed by atoms with Crippen LogP contribution in [0.5, 0.6) is 0 Å². The fourth-order valence-corrected chi connectivity index (χ4v) is 2.92. The molecule has 6 nitrogen and oxygen atoms in total. The van der Waals surface area contributed by atoms with Gasteiger partial charge >= 0.3 is 5.97 Å². The lowest BCUT2D eigenvalue weighted by molar-refractivity contribution is -0.140. The number of carbonyl (C=O) groups is 2. The van der Waals surface area contributed by atoms with E-state index in [1.54, 1.807) is 0 Å². The van der Waals surface area contributed by atoms with Crippen molar-refractivity contribution in [1.29, 1.82) is 0 Å². The highest BCUT2D eigenvalue weighted by atomic mass is 32.2. The third-order valence-electron chi connectivity index (χ3n) is 2.40. The molecular weight excluding hydrogens is 234 g/mol. The average molecular weight is 249 g/mol. The molecule has 92 valence electrons. The van der Waals surface area contributed by atoms with Crippen LogP contribution in [0, 0.1) is 0 Å². The molecule has 0 atom stereocenters. The molecule has 0 spiro atoms. The van der Waals surface area contributed by atoms with Crippen LogP contribution in [0.25, 0.3) is 0 Å². The van der Waals surface area contributed by atoms with Gasteiger partial charge in [0, 0.05) is 13.0 Å². The Morgan fingerprint density at radius 1 is 1.50 bits per heavy atom. The van der Waals surface area contributed by atoms with Crippen molar-refractivity contribution in [1.82, 2.24) is 4.31 Å². The number of Topliss-reactive ketones (excluding diaryl/α,β-unsaturated/α-hetero) is 1. The summed E-state index contributed by atoms with van der Waals surface area (Å²) in [6.45, 7) is 0.290. The van der Waals surface area contributed by atoms with Crippen molar-refractivity contribution in [3.8, 4) is 0 Å². The van der Waals surface area contributed by atoms with Crippen molar-refractivity contribution in [2.24, 2.45) is 0 Å². The van der Waals surface area contributed by atoms with Crippen LogP contribution in [-0.2, 0) is 24.3 Å². The Morgan fingerprint density at radius 3 is 2.75 bits per heavy atom. The van der Waals surface area contributed by atoms with Gasteiger partial charge in [0.25, 0.3) is 0 Å². The van der Waals surface area contributed by atoms with Crippen molar-refractivity contribution in [3.63, 3.8) is 0 Å². The Hall–Kier alpha value is -0.950. The third-order valence-corrected chi connectivity index (χ3v) is 4.22. The van der Waals surface area contributed by atoms with E-state index in [2.05, 4.69) is 4.74 Å². The fourth-order valence-electron chi connectivity index (χ4n) is 1.49. The lowest BCUT2D eigenvalue weighted by Crippen LogP contribution is -2.41. The van der Waals surface area contributed by atoms with E-state index in [9.17, 15) is 18.0 Å². The second kappa shape index (κ2) is 5.40. The van der Waals surface area contributed by atoms with Crippen LogP contribution < -0.4 is 0 Å². The molecule has 1 saturated heterocycles. The number of esters is 1. The molecule has 7 heteroatoms. The van der Waals surface area contributed by atoms with Crippen molar-refractivity contribution < 1.29 is 22.7 Å². The third kappa shape index (κ3) is 3.57. The second-order valence-electron chi connectivity index (χ2n) is 3.62. The molecule has 1 aliphatic rings. The molecule has 0 unspecified atom stereocenters. The smallest absolute Gasteiger partial charge is 0.306 e. The number of ether oxygens (including phenoxy) is 1. The van der Waals surface area contributed by atoms with Gasteiger partial charge in [-0.05, 0) is 6.42 Å². The second-order valence-corrected chi connectivity index (χ2v) is 5.71. The fraction of sp³-hybridized carbons (Fsp3) is 0.778. The molecule has 0 aromatic carbocycles. The Labute approximate surface area is 94.6 Å². The van der Waals surface area contributed by atoms with Gasteiger partial charge in [-0.2, -0.15) is 4.31 Å². The molecular formula is C9H15NO5S. The normalized spacial score (nSPS) is 18.4. The van der Waals surface area contributed by atoms with Gasteiger partial charge in [0.15, 0.2) is 0 Å². The van der Waals surface area contributed by atoms with E-state index in [1.807, 2.05) is 0 Å². The molecule has 0 amide bonds. The number of hydrogen-bond acceptors (Lipinski definition) is 5. The largest absolute Gasteiger partial charge is 0.469 e. The van der Waals surface area contributed by atoms with Gasteiger partial charge in [0.05, 0.1) is 25.8 Å². The molecule has 0 radical (unpaired) electrons. The zero-order valence-electron chi connectivity index (χ0n) is 9.14. The number of piperidine rings is 1. The van der Waals surface area contributed by atoms with E-state index in [0.717, 1.165) is 4.31 Å². The molecule has 1 rings (SSSR count). The van der Waals surface area contributed by atoms with Gasteiger partial charge in [-0.25, -0.2) is 8.42 Å². The van der Waals surface area contributed by atoms with Gasteiger partial charge in [-0.15, -0.1) is 0 Å². The number of nitrogens with zero attached hydrogens (tertiary/aromatic N) is 1. The lowest BCUT2D eigenvalue weighted by atomic mass is 10.1. The molecule has 0 aromatic rings. The minimum Gasteiger partial charge on any atom is -0.469 e. The molecule has 0 N–H and O–H groups in total. The minimum absolute atomic E-state index is 0.0660. The molecule has 0 bridgehead atoms. The van der Waals surface area contributed by atoms with E-state index in [1.165, 1.54) is 7.11 Å². The molecule has 16 heavy (non-hydrogen) atoms. The average Bonchev–Trinajstić information content (AvgIpc) is 2.26. The van der Waals surface area contributed by atoms with Crippen LogP contribution in [0.2, 0.25) is 0 Å². The van der Waals surface area contributed by atoms with Crippen LogP contribution in [0.1, 0.15) is 19.3 Å². The van der Waals surface area contributed by atoms with Crippen molar-refractivity contribution >= 4 is 21.8 Å². The summed E-state index contributed by atoms with van der Waals surface area (Å²) in [6, 6.07) is 0. The number of hydrogen-bond donors (Lipinski definition) is 0. The summed E-state index contributed by atoms with van der Waals surface area (Å²) in [5, 5.41) is 0. The quantitative estimate of drug-likeness (QED) is 0.630. The van der Waals surface area contributed by atoms with Crippen molar-refractivity contribution in [2.45, 2.75) is 19.3 Å². The molecule has 1 fully saturated rings. The molecule has 0 aliphatic carbocycles. The van der Waals surface area contributed by atoms with Gasteiger partial charge in [-0.1, -0.05) is 0 Å². The summed E-state index contributed by atoms with van der Waals surface area (Å²) >= 11 is 0. The highest BCUT2D eigenvalue weighted by Crippen LogP contribution is 2.12. The summed E-state index contributed by atoms with van der Waals surface area (Å²) < 4.78 is 28.9. The predicted octanol–water partition coefficient (Wildman–Crippen LogP) is -0.456. The van der Waals surface area contributed by atoms with E-state index in [-0.39, 0.29) is 24.5 Å². The van der Waals surface area contributed by atoms with E-state index >= 15 is 0 Å². The maximum atomic E-state index is 11.7. The van der Waals surface area contributed by atoms with E-state index in [0.29, 0.717) is 19.4 Å². The van der Waals surface area contributed by atoms with E-state index < -0.39 is 16.0 Å². The molecule has 0 saturated carbocycles. The van der Waals surface area contributed by atoms with Crippen LogP contribution in [0.3, 0.4) is 0 Å². The highest BCUT2D eigenvalue weighted by molar-refractivity contribution is 7.89. The standard InChI is InChI=1S/C9H15NO5S/c1-15-9(12)4-6-16(13,14)10-5-2-3-8(11)7-10/h2-7H2,1H3. The van der Waals surface area contributed by atoms with Crippen molar-refractivity contribution in [3.05, 3.63) is 0 Å². The first kappa shape index (κ1) is 13.1. The van der Waals surface area contributed by atoms with E-state index in [4.69, 9.17) is 0 Å². The molecule has 1 aliphatic heterocycles. The minimum atomic E-state index is -3.51. The zero-order valence-corrected chi connectivity index (χ0v) is 9.96. The number of ketones is 1. The van der Waals surface area contributed by atoms with Gasteiger partial charge < -0.3 is 4.74 Å². The monoisotopic (exact) mass is 249 g/mol. The first-order chi connectivity index (χ1) is 7.45. The zero-order chi connectivity index (χ0) is 12.2. The van der Waals surface area contributed by atoms with Crippen LogP contribution in [0.15, 0.2) is 0 Å². The summed E-state index contributed by atoms with van der Waals surface area (Å²) in [7, 11) is -2.30. The summed E-state index contributed by atoms with van der Waals surface area (Å²) in [4.78, 5) is 22.0. The van der Waals surface area contributed by atoms with Gasteiger partial charge in [0.2, 0.25) is 10.0 Å². The lowest BCUT2D eigenvalue weighted by Gasteiger charge is -2.24. The molecule has 1 heterocycles. The van der Waals surface area contributed by atoms with Crippen LogP contribution in [0.4, 0.5) is 0 Å². The summed E-state index contributed by atoms with van der Waals surface area (Å²) in [5.41, 5.74) is 0. The number of sulfonamides is 1. The first-order valence-electron chi connectivity index (χ1n) is 5.02. The number of rotatable bonds is 4. The predicted molar refractivity (Wildman–Crippen MR) is 56.2 cm³/mol. The Morgan fingerprint density at radius 2 is 2.19 bits per heavy atom. The topological polar surface area (TPSA) is 80.8 Å². The maximum absolute atomic E-state index is 11.7. The summed E-state index contributed by atoms with van der Waals surface area (Å²) in [5.74, 6) is -0.938. The number of methoxy groups -OCH3 is 1. The van der Waals surface area contributed by atoms with Gasteiger partial charge in [-0.3, -0.25) is 9.59 Å². The van der Waals surface area contributed by atoms with Crippen LogP contribution in [-0.4, -0.2) is 50.4 Å². The van der Waals surface area contributed by atoms with Crippen molar-refractivity contribution in [2.75, 3.05) is 26.0 Å². The Balaban J connectivity index is 2.56. The SMILES string of the molecule is COC(=O)CCS(=O)(=O)N1CCCC(=O)C1. The highest BCUT2D eigenvalue weighted by Gasteiger charge is 2.27. The van der Waals surface area contributed by atoms with Gasteiger partial charge in [0.1, 0.15) is 5.78 Å². The summed E-state index contributed by atoms with van der Waals surface area (Å²) in [6.07, 6.45) is 0.808. The maximum Gasteiger partial charge on any atom is 0.306 e. The molecule has 0 aromatic heterocycles. The number of carbonyl (C=O) groups excluding carboxylic acids is 2. The van der Waals surface area contributed by atoms with Crippen LogP contribution >= 0.6 is 0 Å². The first-order valence-corrected chi connectivity index (χ1v) is 6.63. The Kier molecular flexibility index (Phi) is 4.43. The Bertz CT molecular complexity index is 375.